The molecule has 8 nitrogen and oxygen atoms in total. The number of anilines is 2. The molecule has 3 aromatic rings. The molecule has 2 amide bonds. The molecule has 8 heteroatoms. The number of para-hydroxylation sites is 2. The number of aryl methyl sites for hydroxylation is 1. The molecule has 1 aliphatic heterocycles. The van der Waals surface area contributed by atoms with Crippen molar-refractivity contribution in [2.75, 3.05) is 43.0 Å². The average molecular weight is 407 g/mol. The van der Waals surface area contributed by atoms with Crippen LogP contribution in [0.3, 0.4) is 0 Å². The van der Waals surface area contributed by atoms with Crippen LogP contribution in [0.2, 0.25) is 0 Å². The van der Waals surface area contributed by atoms with E-state index >= 15 is 0 Å². The highest BCUT2D eigenvalue weighted by molar-refractivity contribution is 5.91. The fourth-order valence-corrected chi connectivity index (χ4v) is 3.45. The Morgan fingerprint density at radius 2 is 1.83 bits per heavy atom. The van der Waals surface area contributed by atoms with Crippen molar-refractivity contribution in [2.45, 2.75) is 13.8 Å². The molecule has 30 heavy (non-hydrogen) atoms. The number of hydrogen-bond donors (Lipinski definition) is 1. The van der Waals surface area contributed by atoms with Gasteiger partial charge in [0.15, 0.2) is 0 Å². The van der Waals surface area contributed by atoms with Gasteiger partial charge in [-0.3, -0.25) is 0 Å². The zero-order valence-electron chi connectivity index (χ0n) is 17.2. The number of nitrogens with zero attached hydrogens (tertiary/aromatic N) is 4. The van der Waals surface area contributed by atoms with E-state index in [-0.39, 0.29) is 6.03 Å². The summed E-state index contributed by atoms with van der Waals surface area (Å²) in [5.41, 5.74) is 2.72. The van der Waals surface area contributed by atoms with Crippen molar-refractivity contribution in [3.8, 4) is 17.1 Å². The molecule has 1 aliphatic rings. The normalized spacial score (nSPS) is 13.9. The third kappa shape index (κ3) is 4.37. The lowest BCUT2D eigenvalue weighted by molar-refractivity contribution is 0.208. The van der Waals surface area contributed by atoms with E-state index in [0.717, 1.165) is 24.3 Å². The Morgan fingerprint density at radius 3 is 2.50 bits per heavy atom. The summed E-state index contributed by atoms with van der Waals surface area (Å²) in [7, 11) is 0. The fourth-order valence-electron chi connectivity index (χ4n) is 3.45. The minimum absolute atomic E-state index is 0.107. The summed E-state index contributed by atoms with van der Waals surface area (Å²) < 4.78 is 10.6. The van der Waals surface area contributed by atoms with Gasteiger partial charge < -0.3 is 24.4 Å². The van der Waals surface area contributed by atoms with Crippen LogP contribution in [0, 0.1) is 6.92 Å². The van der Waals surface area contributed by atoms with E-state index in [2.05, 4.69) is 32.5 Å². The van der Waals surface area contributed by atoms with Crippen molar-refractivity contribution in [3.63, 3.8) is 0 Å². The van der Waals surface area contributed by atoms with Gasteiger partial charge in [0.1, 0.15) is 5.75 Å². The minimum Gasteiger partial charge on any atom is -0.492 e. The van der Waals surface area contributed by atoms with Crippen LogP contribution in [-0.2, 0) is 0 Å². The highest BCUT2D eigenvalue weighted by atomic mass is 16.5. The number of aromatic nitrogens is 2. The third-order valence-electron chi connectivity index (χ3n) is 5.01. The third-order valence-corrected chi connectivity index (χ3v) is 5.01. The van der Waals surface area contributed by atoms with Crippen molar-refractivity contribution in [3.05, 3.63) is 54.4 Å². The van der Waals surface area contributed by atoms with Gasteiger partial charge in [-0.1, -0.05) is 17.3 Å². The number of carbonyl (C=O) groups is 1. The van der Waals surface area contributed by atoms with Crippen molar-refractivity contribution in [1.29, 1.82) is 0 Å². The summed E-state index contributed by atoms with van der Waals surface area (Å²) >= 11 is 0. The quantitative estimate of drug-likeness (QED) is 0.693. The number of piperazine rings is 1. The maximum absolute atomic E-state index is 12.7. The topological polar surface area (TPSA) is 83.7 Å². The second-order valence-electron chi connectivity index (χ2n) is 7.02. The van der Waals surface area contributed by atoms with Crippen LogP contribution in [0.25, 0.3) is 11.4 Å². The molecule has 4 rings (SSSR count). The lowest BCUT2D eigenvalue weighted by atomic mass is 10.1. The lowest BCUT2D eigenvalue weighted by Gasteiger charge is -2.36. The maximum Gasteiger partial charge on any atom is 0.322 e. The maximum atomic E-state index is 12.7. The molecule has 2 heterocycles. The van der Waals surface area contributed by atoms with Crippen LogP contribution in [0.1, 0.15) is 12.8 Å². The minimum atomic E-state index is -0.107. The van der Waals surface area contributed by atoms with Crippen molar-refractivity contribution < 1.29 is 14.1 Å². The van der Waals surface area contributed by atoms with E-state index in [1.807, 2.05) is 48.2 Å². The zero-order valence-corrected chi connectivity index (χ0v) is 17.2. The zero-order chi connectivity index (χ0) is 20.9. The first kappa shape index (κ1) is 19.8. The van der Waals surface area contributed by atoms with E-state index < -0.39 is 0 Å². The Labute approximate surface area is 175 Å². The van der Waals surface area contributed by atoms with Crippen LogP contribution in [-0.4, -0.2) is 53.9 Å². The Kier molecular flexibility index (Phi) is 5.83. The number of urea groups is 1. The summed E-state index contributed by atoms with van der Waals surface area (Å²) in [6.07, 6.45) is 0. The summed E-state index contributed by atoms with van der Waals surface area (Å²) in [4.78, 5) is 21.0. The number of nitrogens with one attached hydrogen (secondary N) is 1. The summed E-state index contributed by atoms with van der Waals surface area (Å²) in [5, 5.41) is 6.92. The monoisotopic (exact) mass is 407 g/mol. The fraction of sp³-hybridized carbons (Fsp3) is 0.318. The van der Waals surface area contributed by atoms with Crippen LogP contribution >= 0.6 is 0 Å². The predicted molar refractivity (Wildman–Crippen MR) is 115 cm³/mol. The van der Waals surface area contributed by atoms with Gasteiger partial charge in [0, 0.05) is 44.4 Å². The molecular weight excluding hydrogens is 382 g/mol. The van der Waals surface area contributed by atoms with Crippen LogP contribution in [0.4, 0.5) is 16.2 Å². The van der Waals surface area contributed by atoms with E-state index in [1.165, 1.54) is 0 Å². The Morgan fingerprint density at radius 1 is 1.10 bits per heavy atom. The van der Waals surface area contributed by atoms with Gasteiger partial charge in [0.2, 0.25) is 11.7 Å². The van der Waals surface area contributed by atoms with E-state index in [1.54, 1.807) is 6.92 Å². The van der Waals surface area contributed by atoms with E-state index in [4.69, 9.17) is 9.26 Å². The van der Waals surface area contributed by atoms with Gasteiger partial charge in [-0.2, -0.15) is 4.98 Å². The van der Waals surface area contributed by atoms with E-state index in [0.29, 0.717) is 42.8 Å². The van der Waals surface area contributed by atoms with Gasteiger partial charge in [-0.25, -0.2) is 4.79 Å². The first-order valence-electron chi connectivity index (χ1n) is 10.1. The number of ether oxygens (including phenoxy) is 1. The SMILES string of the molecule is CCOc1ccccc1NC(=O)N1CCN(c2ccc(-c3noc(C)n3)cc2)CC1. The average Bonchev–Trinajstić information content (AvgIpc) is 3.22. The molecular formula is C22H25N5O3. The van der Waals surface area contributed by atoms with Crippen molar-refractivity contribution in [1.82, 2.24) is 15.0 Å². The van der Waals surface area contributed by atoms with Gasteiger partial charge in [0.25, 0.3) is 0 Å². The number of carbonyl (C=O) groups excluding carboxylic acids is 1. The predicted octanol–water partition coefficient (Wildman–Crippen LogP) is 3.80. The largest absolute Gasteiger partial charge is 0.492 e. The molecule has 0 spiro atoms. The Balaban J connectivity index is 1.34. The van der Waals surface area contributed by atoms with Gasteiger partial charge >= 0.3 is 6.03 Å². The first-order chi connectivity index (χ1) is 14.6. The molecule has 1 saturated heterocycles. The van der Waals surface area contributed by atoms with Gasteiger partial charge in [-0.05, 0) is 43.3 Å². The molecule has 0 aliphatic carbocycles. The molecule has 0 radical (unpaired) electrons. The van der Waals surface area contributed by atoms with E-state index in [9.17, 15) is 4.79 Å². The molecule has 0 bridgehead atoms. The highest BCUT2D eigenvalue weighted by Gasteiger charge is 2.22. The number of hydrogen-bond acceptors (Lipinski definition) is 6. The molecule has 0 unspecified atom stereocenters. The second-order valence-corrected chi connectivity index (χ2v) is 7.02. The molecule has 1 aromatic heterocycles. The second kappa shape index (κ2) is 8.86. The highest BCUT2D eigenvalue weighted by Crippen LogP contribution is 2.25. The molecule has 156 valence electrons. The standard InChI is InChI=1S/C22H25N5O3/c1-3-29-20-7-5-4-6-19(20)24-22(28)27-14-12-26(13-15-27)18-10-8-17(9-11-18)21-23-16(2)30-25-21/h4-11H,3,12-15H2,1-2H3,(H,24,28). The molecule has 1 fully saturated rings. The number of amides is 2. The van der Waals surface area contributed by atoms with Crippen LogP contribution in [0.15, 0.2) is 53.1 Å². The summed E-state index contributed by atoms with van der Waals surface area (Å²) in [6.45, 7) is 7.07. The molecule has 0 atom stereocenters. The Bertz CT molecular complexity index is 994. The number of rotatable bonds is 5. The summed E-state index contributed by atoms with van der Waals surface area (Å²) in [6, 6.07) is 15.5. The van der Waals surface area contributed by atoms with Crippen molar-refractivity contribution >= 4 is 17.4 Å². The van der Waals surface area contributed by atoms with Gasteiger partial charge in [-0.15, -0.1) is 0 Å². The lowest BCUT2D eigenvalue weighted by Crippen LogP contribution is -2.50. The van der Waals surface area contributed by atoms with Crippen LogP contribution < -0.4 is 15.0 Å². The first-order valence-corrected chi connectivity index (χ1v) is 10.1. The molecule has 1 N–H and O–H groups in total. The smallest absolute Gasteiger partial charge is 0.322 e. The molecule has 2 aromatic carbocycles. The Hall–Kier alpha value is -3.55. The summed E-state index contributed by atoms with van der Waals surface area (Å²) in [5.74, 6) is 1.82. The molecule has 0 saturated carbocycles. The van der Waals surface area contributed by atoms with Gasteiger partial charge in [0.05, 0.1) is 12.3 Å². The van der Waals surface area contributed by atoms with Crippen LogP contribution in [0.5, 0.6) is 5.75 Å². The van der Waals surface area contributed by atoms with Crippen molar-refractivity contribution in [2.24, 2.45) is 0 Å². The number of benzene rings is 2.